The van der Waals surface area contributed by atoms with Crippen LogP contribution in [-0.4, -0.2) is 26.0 Å². The molecule has 0 saturated heterocycles. The molecule has 142 valence electrons. The maximum Gasteiger partial charge on any atom is 0.353 e. The number of benzene rings is 2. The summed E-state index contributed by atoms with van der Waals surface area (Å²) in [6.07, 6.45) is 1.16. The van der Waals surface area contributed by atoms with E-state index in [2.05, 4.69) is 20.6 Å². The van der Waals surface area contributed by atoms with Crippen LogP contribution >= 0.6 is 0 Å². The zero-order valence-corrected chi connectivity index (χ0v) is 14.3. The van der Waals surface area contributed by atoms with Gasteiger partial charge in [0.1, 0.15) is 12.1 Å². The van der Waals surface area contributed by atoms with Gasteiger partial charge >= 0.3 is 11.7 Å². The van der Waals surface area contributed by atoms with Crippen molar-refractivity contribution in [1.82, 2.24) is 9.97 Å². The Morgan fingerprint density at radius 2 is 1.71 bits per heavy atom. The number of halogens is 1. The van der Waals surface area contributed by atoms with Gasteiger partial charge in [-0.15, -0.1) is 0 Å². The zero-order valence-electron chi connectivity index (χ0n) is 14.3. The molecule has 3 rings (SSSR count). The molecule has 1 aromatic heterocycles. The smallest absolute Gasteiger partial charge is 0.353 e. The van der Waals surface area contributed by atoms with Gasteiger partial charge in [0, 0.05) is 12.2 Å². The van der Waals surface area contributed by atoms with Crippen molar-refractivity contribution in [2.24, 2.45) is 0 Å². The number of aromatic carboxylic acids is 1. The summed E-state index contributed by atoms with van der Waals surface area (Å²) in [7, 11) is 0. The van der Waals surface area contributed by atoms with Crippen LogP contribution < -0.4 is 10.6 Å². The number of anilines is 3. The molecular weight excluding hydrogens is 369 g/mol. The molecule has 0 atom stereocenters. The van der Waals surface area contributed by atoms with Crippen LogP contribution in [0.5, 0.6) is 0 Å². The highest BCUT2D eigenvalue weighted by molar-refractivity contribution is 5.88. The van der Waals surface area contributed by atoms with Gasteiger partial charge in [0.25, 0.3) is 0 Å². The van der Waals surface area contributed by atoms with Gasteiger partial charge < -0.3 is 15.7 Å². The van der Waals surface area contributed by atoms with Gasteiger partial charge in [-0.2, -0.15) is 0 Å². The third-order valence-electron chi connectivity index (χ3n) is 3.77. The van der Waals surface area contributed by atoms with Gasteiger partial charge in [0.05, 0.1) is 10.5 Å². The maximum atomic E-state index is 13.0. The van der Waals surface area contributed by atoms with Crippen LogP contribution in [0.1, 0.15) is 15.9 Å². The normalized spacial score (nSPS) is 10.3. The first kappa shape index (κ1) is 18.7. The summed E-state index contributed by atoms with van der Waals surface area (Å²) in [5.74, 6) is -1.51. The van der Waals surface area contributed by atoms with Crippen LogP contribution in [0.4, 0.5) is 27.4 Å². The first-order valence-corrected chi connectivity index (χ1v) is 8.02. The number of nitro groups is 1. The molecule has 3 N–H and O–H groups in total. The predicted octanol–water partition coefficient (Wildman–Crippen LogP) is 3.58. The quantitative estimate of drug-likeness (QED) is 0.417. The van der Waals surface area contributed by atoms with E-state index in [9.17, 15) is 19.3 Å². The number of carbonyl (C=O) groups is 1. The molecule has 0 fully saturated rings. The zero-order chi connectivity index (χ0) is 20.1. The van der Waals surface area contributed by atoms with Gasteiger partial charge in [0.15, 0.2) is 0 Å². The molecule has 0 aliphatic heterocycles. The second-order valence-corrected chi connectivity index (χ2v) is 5.66. The summed E-state index contributed by atoms with van der Waals surface area (Å²) in [5, 5.41) is 26.1. The average Bonchev–Trinajstić information content (AvgIpc) is 2.68. The van der Waals surface area contributed by atoms with E-state index in [-0.39, 0.29) is 35.2 Å². The Morgan fingerprint density at radius 3 is 2.32 bits per heavy atom. The monoisotopic (exact) mass is 383 g/mol. The van der Waals surface area contributed by atoms with E-state index >= 15 is 0 Å². The maximum absolute atomic E-state index is 13.0. The summed E-state index contributed by atoms with van der Waals surface area (Å²) in [6.45, 7) is 0.199. The molecule has 9 nitrogen and oxygen atoms in total. The summed E-state index contributed by atoms with van der Waals surface area (Å²) >= 11 is 0. The van der Waals surface area contributed by atoms with Crippen molar-refractivity contribution in [1.29, 1.82) is 0 Å². The molecule has 2 aromatic carbocycles. The molecule has 0 unspecified atom stereocenters. The number of carboxylic acids is 1. The highest BCUT2D eigenvalue weighted by Crippen LogP contribution is 2.31. The lowest BCUT2D eigenvalue weighted by atomic mass is 10.2. The first-order chi connectivity index (χ1) is 13.4. The van der Waals surface area contributed by atoms with Crippen LogP contribution in [0.25, 0.3) is 0 Å². The Hall–Kier alpha value is -4.08. The molecule has 0 saturated carbocycles. The van der Waals surface area contributed by atoms with E-state index in [1.165, 1.54) is 36.4 Å². The topological polar surface area (TPSA) is 130 Å². The van der Waals surface area contributed by atoms with Crippen molar-refractivity contribution < 1.29 is 19.2 Å². The molecule has 1 heterocycles. The van der Waals surface area contributed by atoms with Crippen LogP contribution in [0.2, 0.25) is 0 Å². The number of nitrogens with one attached hydrogen (secondary N) is 2. The van der Waals surface area contributed by atoms with E-state index in [0.29, 0.717) is 11.3 Å². The Kier molecular flexibility index (Phi) is 5.40. The molecule has 3 aromatic rings. The van der Waals surface area contributed by atoms with Crippen molar-refractivity contribution in [3.8, 4) is 0 Å². The molecule has 0 spiro atoms. The van der Waals surface area contributed by atoms with Crippen molar-refractivity contribution >= 4 is 29.0 Å². The molecule has 0 bridgehead atoms. The highest BCUT2D eigenvalue weighted by atomic mass is 19.1. The number of hydrogen-bond acceptors (Lipinski definition) is 7. The van der Waals surface area contributed by atoms with Gasteiger partial charge in [-0.25, -0.2) is 19.2 Å². The minimum absolute atomic E-state index is 0.00557. The lowest BCUT2D eigenvalue weighted by Crippen LogP contribution is -2.08. The number of hydrogen-bond donors (Lipinski definition) is 3. The van der Waals surface area contributed by atoms with E-state index < -0.39 is 10.9 Å². The Labute approximate surface area is 158 Å². The minimum atomic E-state index is -1.08. The summed E-state index contributed by atoms with van der Waals surface area (Å²) in [6, 6.07) is 11.4. The van der Waals surface area contributed by atoms with E-state index in [4.69, 9.17) is 5.11 Å². The molecule has 0 aliphatic carbocycles. The van der Waals surface area contributed by atoms with Gasteiger partial charge in [-0.3, -0.25) is 10.1 Å². The average molecular weight is 383 g/mol. The minimum Gasteiger partial charge on any atom is -0.478 e. The van der Waals surface area contributed by atoms with E-state index in [0.717, 1.165) is 6.33 Å². The predicted molar refractivity (Wildman–Crippen MR) is 99.1 cm³/mol. The standard InChI is InChI=1S/C18H14FN5O4/c19-13-5-1-11(2-6-13)9-20-16-15(24(27)28)17(22-10-21-16)23-14-7-3-12(4-8-14)18(25)26/h1-8,10H,9H2,(H,25,26)(H2,20,21,22,23). The van der Waals surface area contributed by atoms with Crippen LogP contribution in [0, 0.1) is 15.9 Å². The second-order valence-electron chi connectivity index (χ2n) is 5.66. The fraction of sp³-hybridized carbons (Fsp3) is 0.0556. The van der Waals surface area contributed by atoms with Gasteiger partial charge in [-0.1, -0.05) is 12.1 Å². The fourth-order valence-corrected chi connectivity index (χ4v) is 2.39. The third kappa shape index (κ3) is 4.36. The number of rotatable bonds is 7. The molecule has 28 heavy (non-hydrogen) atoms. The van der Waals surface area contributed by atoms with Crippen molar-refractivity contribution in [2.75, 3.05) is 10.6 Å². The second kappa shape index (κ2) is 8.08. The van der Waals surface area contributed by atoms with Crippen LogP contribution in [0.15, 0.2) is 54.9 Å². The van der Waals surface area contributed by atoms with Gasteiger partial charge in [-0.05, 0) is 42.0 Å². The number of aromatic nitrogens is 2. The molecule has 0 amide bonds. The van der Waals surface area contributed by atoms with E-state index in [1.54, 1.807) is 12.1 Å². The highest BCUT2D eigenvalue weighted by Gasteiger charge is 2.23. The van der Waals surface area contributed by atoms with Crippen LogP contribution in [0.3, 0.4) is 0 Å². The summed E-state index contributed by atoms with van der Waals surface area (Å²) < 4.78 is 13.0. The fourth-order valence-electron chi connectivity index (χ4n) is 2.39. The SMILES string of the molecule is O=C(O)c1ccc(Nc2ncnc(NCc3ccc(F)cc3)c2[N+](=O)[O-])cc1. The van der Waals surface area contributed by atoms with Crippen molar-refractivity contribution in [3.63, 3.8) is 0 Å². The Balaban J connectivity index is 1.83. The number of carboxylic acid groups (broad SMARTS) is 1. The van der Waals surface area contributed by atoms with Crippen molar-refractivity contribution in [2.45, 2.75) is 6.54 Å². The lowest BCUT2D eigenvalue weighted by Gasteiger charge is -2.10. The van der Waals surface area contributed by atoms with Gasteiger partial charge in [0.2, 0.25) is 11.6 Å². The first-order valence-electron chi connectivity index (χ1n) is 8.02. The molecule has 0 radical (unpaired) electrons. The Morgan fingerprint density at radius 1 is 1.07 bits per heavy atom. The third-order valence-corrected chi connectivity index (χ3v) is 3.77. The Bertz CT molecular complexity index is 1010. The summed E-state index contributed by atoms with van der Waals surface area (Å²) in [4.78, 5) is 29.7. The molecular formula is C18H14FN5O4. The van der Waals surface area contributed by atoms with Crippen molar-refractivity contribution in [3.05, 3.63) is 81.9 Å². The van der Waals surface area contributed by atoms with E-state index in [1.807, 2.05) is 0 Å². The largest absolute Gasteiger partial charge is 0.478 e. The number of nitrogens with zero attached hydrogens (tertiary/aromatic N) is 3. The van der Waals surface area contributed by atoms with Crippen LogP contribution in [-0.2, 0) is 6.54 Å². The molecule has 0 aliphatic rings. The molecule has 10 heteroatoms. The summed E-state index contributed by atoms with van der Waals surface area (Å²) in [5.41, 5.74) is 0.862. The lowest BCUT2D eigenvalue weighted by molar-refractivity contribution is -0.383.